The smallest absolute Gasteiger partial charge is 0.0914 e. The number of nitrogens with one attached hydrogen (secondary N) is 1. The van der Waals surface area contributed by atoms with Crippen LogP contribution in [-0.2, 0) is 10.8 Å². The van der Waals surface area contributed by atoms with Gasteiger partial charge < -0.3 is 10.4 Å². The van der Waals surface area contributed by atoms with Crippen molar-refractivity contribution in [3.63, 3.8) is 0 Å². The van der Waals surface area contributed by atoms with E-state index in [2.05, 4.69) is 21.2 Å². The van der Waals surface area contributed by atoms with Gasteiger partial charge in [-0.1, -0.05) is 35.0 Å². The minimum absolute atomic E-state index is 0.483. The summed E-state index contributed by atoms with van der Waals surface area (Å²) in [5, 5.41) is 13.0. The second-order valence-corrected chi connectivity index (χ2v) is 6.49. The van der Waals surface area contributed by atoms with Crippen molar-refractivity contribution in [1.82, 2.24) is 5.32 Å². The summed E-state index contributed by atoms with van der Waals surface area (Å²) in [6.07, 6.45) is -0.525. The number of benzene rings is 1. The first-order chi connectivity index (χ1) is 8.13. The molecule has 0 spiro atoms. The topological polar surface area (TPSA) is 49.3 Å². The van der Waals surface area contributed by atoms with Crippen LogP contribution in [-0.4, -0.2) is 33.9 Å². The second-order valence-electron chi connectivity index (χ2n) is 3.71. The Kier molecular flexibility index (Phi) is 6.96. The van der Waals surface area contributed by atoms with E-state index in [0.29, 0.717) is 24.6 Å². The van der Waals surface area contributed by atoms with Gasteiger partial charge in [-0.2, -0.15) is 0 Å². The molecule has 2 unspecified atom stereocenters. The van der Waals surface area contributed by atoms with Gasteiger partial charge in [0.1, 0.15) is 0 Å². The summed E-state index contributed by atoms with van der Waals surface area (Å²) < 4.78 is 12.1. The van der Waals surface area contributed by atoms with Gasteiger partial charge in [0.05, 0.1) is 6.10 Å². The van der Waals surface area contributed by atoms with E-state index in [0.717, 1.165) is 10.0 Å². The van der Waals surface area contributed by atoms with E-state index < -0.39 is 16.9 Å². The molecule has 1 aromatic carbocycles. The monoisotopic (exact) mass is 319 g/mol. The van der Waals surface area contributed by atoms with Gasteiger partial charge in [-0.05, 0) is 17.7 Å². The number of rotatable bonds is 7. The Balaban J connectivity index is 2.30. The lowest BCUT2D eigenvalue weighted by Crippen LogP contribution is -2.26. The van der Waals surface area contributed by atoms with Gasteiger partial charge in [-0.15, -0.1) is 0 Å². The SMILES string of the molecule is CCS(=O)CCNCC(O)c1cccc(Br)c1. The molecule has 0 aliphatic heterocycles. The molecule has 0 saturated heterocycles. The average Bonchev–Trinajstić information content (AvgIpc) is 2.34. The highest BCUT2D eigenvalue weighted by Crippen LogP contribution is 2.17. The minimum atomic E-state index is -0.741. The second kappa shape index (κ2) is 7.97. The molecule has 96 valence electrons. The lowest BCUT2D eigenvalue weighted by atomic mass is 10.1. The van der Waals surface area contributed by atoms with E-state index >= 15 is 0 Å². The fourth-order valence-corrected chi connectivity index (χ4v) is 2.48. The van der Waals surface area contributed by atoms with E-state index in [1.165, 1.54) is 0 Å². The molecule has 0 aliphatic carbocycles. The number of hydrogen-bond acceptors (Lipinski definition) is 3. The first-order valence-corrected chi connectivity index (χ1v) is 7.90. The lowest BCUT2D eigenvalue weighted by molar-refractivity contribution is 0.175. The maximum absolute atomic E-state index is 11.2. The summed E-state index contributed by atoms with van der Waals surface area (Å²) in [5.74, 6) is 1.33. The third-order valence-corrected chi connectivity index (χ3v) is 4.20. The Labute approximate surface area is 113 Å². The first-order valence-electron chi connectivity index (χ1n) is 5.62. The normalized spacial score (nSPS) is 14.5. The van der Waals surface area contributed by atoms with Gasteiger partial charge >= 0.3 is 0 Å². The van der Waals surface area contributed by atoms with Gasteiger partial charge in [-0.3, -0.25) is 4.21 Å². The largest absolute Gasteiger partial charge is 0.387 e. The van der Waals surface area contributed by atoms with Crippen LogP contribution in [0.3, 0.4) is 0 Å². The Morgan fingerprint density at radius 2 is 2.29 bits per heavy atom. The predicted molar refractivity (Wildman–Crippen MR) is 75.5 cm³/mol. The maximum Gasteiger partial charge on any atom is 0.0914 e. The maximum atomic E-state index is 11.2. The highest BCUT2D eigenvalue weighted by atomic mass is 79.9. The molecule has 3 nitrogen and oxygen atoms in total. The zero-order chi connectivity index (χ0) is 12.7. The van der Waals surface area contributed by atoms with Crippen LogP contribution in [0, 0.1) is 0 Å². The number of aliphatic hydroxyl groups is 1. The molecule has 0 amide bonds. The predicted octanol–water partition coefficient (Wildman–Crippen LogP) is 1.84. The molecule has 1 rings (SSSR count). The summed E-state index contributed by atoms with van der Waals surface area (Å²) in [4.78, 5) is 0. The molecule has 17 heavy (non-hydrogen) atoms. The van der Waals surface area contributed by atoms with Crippen molar-refractivity contribution in [3.8, 4) is 0 Å². The zero-order valence-electron chi connectivity index (χ0n) is 9.86. The Bertz CT molecular complexity index is 373. The standard InChI is InChI=1S/C12H18BrNO2S/c1-2-17(16)7-6-14-9-12(15)10-4-3-5-11(13)8-10/h3-5,8,12,14-15H,2,6-7,9H2,1H3. The fourth-order valence-electron chi connectivity index (χ4n) is 1.40. The zero-order valence-corrected chi connectivity index (χ0v) is 12.3. The molecule has 2 N–H and O–H groups in total. The summed E-state index contributed by atoms with van der Waals surface area (Å²) >= 11 is 3.37. The van der Waals surface area contributed by atoms with Crippen LogP contribution in [0.5, 0.6) is 0 Å². The molecule has 0 aliphatic rings. The highest BCUT2D eigenvalue weighted by molar-refractivity contribution is 9.10. The lowest BCUT2D eigenvalue weighted by Gasteiger charge is -2.12. The van der Waals surface area contributed by atoms with Crippen molar-refractivity contribution in [2.45, 2.75) is 13.0 Å². The molecule has 0 bridgehead atoms. The van der Waals surface area contributed by atoms with E-state index in [9.17, 15) is 9.32 Å². The molecular formula is C12H18BrNO2S. The Hall–Kier alpha value is -0.230. The van der Waals surface area contributed by atoms with Crippen LogP contribution in [0.1, 0.15) is 18.6 Å². The third-order valence-electron chi connectivity index (χ3n) is 2.40. The average molecular weight is 320 g/mol. The van der Waals surface area contributed by atoms with Gasteiger partial charge in [0.15, 0.2) is 0 Å². The summed E-state index contributed by atoms with van der Waals surface area (Å²) in [6, 6.07) is 7.61. The van der Waals surface area contributed by atoms with Crippen LogP contribution in [0.15, 0.2) is 28.7 Å². The quantitative estimate of drug-likeness (QED) is 0.754. The summed E-state index contributed by atoms with van der Waals surface area (Å²) in [6.45, 7) is 3.06. The van der Waals surface area contributed by atoms with Crippen LogP contribution < -0.4 is 5.32 Å². The Morgan fingerprint density at radius 1 is 1.53 bits per heavy atom. The molecule has 0 aromatic heterocycles. The molecule has 5 heteroatoms. The third kappa shape index (κ3) is 5.77. The van der Waals surface area contributed by atoms with Crippen molar-refractivity contribution in [2.75, 3.05) is 24.6 Å². The van der Waals surface area contributed by atoms with Crippen LogP contribution in [0.25, 0.3) is 0 Å². The number of hydrogen-bond donors (Lipinski definition) is 2. The minimum Gasteiger partial charge on any atom is -0.387 e. The first kappa shape index (κ1) is 14.8. The van der Waals surface area contributed by atoms with Crippen molar-refractivity contribution >= 4 is 26.7 Å². The van der Waals surface area contributed by atoms with Crippen LogP contribution in [0.4, 0.5) is 0 Å². The number of halogens is 1. The van der Waals surface area contributed by atoms with Gasteiger partial charge in [0.25, 0.3) is 0 Å². The molecule has 0 radical (unpaired) electrons. The van der Waals surface area contributed by atoms with Crippen molar-refractivity contribution in [2.24, 2.45) is 0 Å². The van der Waals surface area contributed by atoms with Crippen LogP contribution >= 0.6 is 15.9 Å². The van der Waals surface area contributed by atoms with Gasteiger partial charge in [0.2, 0.25) is 0 Å². The van der Waals surface area contributed by atoms with Crippen LogP contribution in [0.2, 0.25) is 0 Å². The van der Waals surface area contributed by atoms with E-state index in [4.69, 9.17) is 0 Å². The Morgan fingerprint density at radius 3 is 2.94 bits per heavy atom. The van der Waals surface area contributed by atoms with Gasteiger partial charge in [-0.25, -0.2) is 0 Å². The summed E-state index contributed by atoms with van der Waals surface area (Å²) in [7, 11) is -0.741. The molecule has 1 aromatic rings. The van der Waals surface area contributed by atoms with E-state index in [-0.39, 0.29) is 0 Å². The summed E-state index contributed by atoms with van der Waals surface area (Å²) in [5.41, 5.74) is 0.878. The van der Waals surface area contributed by atoms with E-state index in [1.54, 1.807) is 0 Å². The molecule has 0 saturated carbocycles. The molecule has 2 atom stereocenters. The highest BCUT2D eigenvalue weighted by Gasteiger charge is 2.07. The molecular weight excluding hydrogens is 302 g/mol. The number of aliphatic hydroxyl groups excluding tert-OH is 1. The van der Waals surface area contributed by atoms with Crippen molar-refractivity contribution in [1.29, 1.82) is 0 Å². The molecule has 0 fully saturated rings. The fraction of sp³-hybridized carbons (Fsp3) is 0.500. The van der Waals surface area contributed by atoms with Crippen molar-refractivity contribution in [3.05, 3.63) is 34.3 Å². The molecule has 0 heterocycles. The van der Waals surface area contributed by atoms with Crippen molar-refractivity contribution < 1.29 is 9.32 Å². The van der Waals surface area contributed by atoms with Gasteiger partial charge in [0, 0.05) is 39.9 Å². The van der Waals surface area contributed by atoms with E-state index in [1.807, 2.05) is 31.2 Å².